The maximum absolute atomic E-state index is 3.93. The Labute approximate surface area is 109 Å². The largest absolute Gasteiger partial charge is 0.311 e. The Hall–Kier alpha value is -0.0400. The van der Waals surface area contributed by atoms with Gasteiger partial charge in [0.1, 0.15) is 0 Å². The minimum Gasteiger partial charge on any atom is -0.311 e. The Morgan fingerprint density at radius 1 is 1.12 bits per heavy atom. The van der Waals surface area contributed by atoms with E-state index < -0.39 is 0 Å². The Kier molecular flexibility index (Phi) is 5.50. The first-order chi connectivity index (χ1) is 7.86. The summed E-state index contributed by atoms with van der Waals surface area (Å²) in [6.07, 6.45) is 6.91. The van der Waals surface area contributed by atoms with Crippen LogP contribution in [0.1, 0.15) is 73.6 Å². The first-order valence-electron chi connectivity index (χ1n) is 7.62. The van der Waals surface area contributed by atoms with Crippen LogP contribution in [0.2, 0.25) is 0 Å². The van der Waals surface area contributed by atoms with E-state index in [1.807, 2.05) is 0 Å². The van der Waals surface area contributed by atoms with Crippen molar-refractivity contribution < 1.29 is 0 Å². The minimum atomic E-state index is 0.452. The fraction of sp³-hybridized carbons (Fsp3) is 1.00. The molecule has 0 aromatic heterocycles. The Morgan fingerprint density at radius 2 is 1.71 bits per heavy atom. The molecular weight excluding hydrogens is 206 g/mol. The molecule has 0 amide bonds. The number of rotatable bonds is 4. The Bertz CT molecular complexity index is 216. The molecule has 0 radical (unpaired) electrons. The monoisotopic (exact) mass is 239 g/mol. The molecule has 102 valence electrons. The lowest BCUT2D eigenvalue weighted by Crippen LogP contribution is -2.49. The van der Waals surface area contributed by atoms with E-state index in [0.29, 0.717) is 11.5 Å². The Morgan fingerprint density at radius 3 is 2.24 bits per heavy atom. The molecule has 1 aliphatic rings. The quantitative estimate of drug-likeness (QED) is 0.755. The van der Waals surface area contributed by atoms with Gasteiger partial charge in [0.15, 0.2) is 0 Å². The zero-order valence-corrected chi connectivity index (χ0v) is 12.8. The smallest absolute Gasteiger partial charge is 0.0103 e. The van der Waals surface area contributed by atoms with E-state index in [0.717, 1.165) is 17.9 Å². The summed E-state index contributed by atoms with van der Waals surface area (Å²) < 4.78 is 0. The van der Waals surface area contributed by atoms with Crippen LogP contribution in [0, 0.1) is 17.3 Å². The third-order valence-corrected chi connectivity index (χ3v) is 4.85. The van der Waals surface area contributed by atoms with E-state index in [1.54, 1.807) is 0 Å². The zero-order valence-electron chi connectivity index (χ0n) is 12.8. The molecule has 4 atom stereocenters. The van der Waals surface area contributed by atoms with Gasteiger partial charge in [0.05, 0.1) is 0 Å². The van der Waals surface area contributed by atoms with E-state index in [9.17, 15) is 0 Å². The fourth-order valence-corrected chi connectivity index (χ4v) is 3.22. The second-order valence-corrected chi connectivity index (χ2v) is 7.20. The van der Waals surface area contributed by atoms with Crippen molar-refractivity contribution in [1.29, 1.82) is 0 Å². The van der Waals surface area contributed by atoms with Gasteiger partial charge < -0.3 is 5.32 Å². The summed E-state index contributed by atoms with van der Waals surface area (Å²) in [7, 11) is 0. The molecule has 0 saturated heterocycles. The van der Waals surface area contributed by atoms with Crippen molar-refractivity contribution in [1.82, 2.24) is 5.32 Å². The Balaban J connectivity index is 2.60. The highest BCUT2D eigenvalue weighted by molar-refractivity contribution is 4.89. The predicted molar refractivity (Wildman–Crippen MR) is 77.3 cm³/mol. The van der Waals surface area contributed by atoms with Gasteiger partial charge in [-0.15, -0.1) is 0 Å². The zero-order chi connectivity index (χ0) is 13.1. The molecule has 0 bridgehead atoms. The molecular formula is C16H33N. The average molecular weight is 239 g/mol. The van der Waals surface area contributed by atoms with Gasteiger partial charge in [-0.3, -0.25) is 0 Å². The van der Waals surface area contributed by atoms with Crippen LogP contribution >= 0.6 is 0 Å². The minimum absolute atomic E-state index is 0.452. The van der Waals surface area contributed by atoms with Gasteiger partial charge in [0.25, 0.3) is 0 Å². The molecule has 0 spiro atoms. The van der Waals surface area contributed by atoms with Crippen LogP contribution in [0.3, 0.4) is 0 Å². The van der Waals surface area contributed by atoms with E-state index >= 15 is 0 Å². The third-order valence-electron chi connectivity index (χ3n) is 4.85. The van der Waals surface area contributed by atoms with Crippen molar-refractivity contribution in [3.8, 4) is 0 Å². The first-order valence-corrected chi connectivity index (χ1v) is 7.62. The molecule has 0 aromatic carbocycles. The molecule has 1 heteroatoms. The van der Waals surface area contributed by atoms with Crippen LogP contribution in [0.25, 0.3) is 0 Å². The van der Waals surface area contributed by atoms with Crippen LogP contribution in [-0.4, -0.2) is 12.1 Å². The van der Waals surface area contributed by atoms with Gasteiger partial charge in [-0.2, -0.15) is 0 Å². The second-order valence-electron chi connectivity index (χ2n) is 7.20. The summed E-state index contributed by atoms with van der Waals surface area (Å²) in [5.74, 6) is 1.64. The molecule has 1 saturated carbocycles. The first kappa shape index (κ1) is 15.0. The summed E-state index contributed by atoms with van der Waals surface area (Å²) in [5, 5.41) is 3.93. The lowest BCUT2D eigenvalue weighted by Gasteiger charge is -2.42. The van der Waals surface area contributed by atoms with Gasteiger partial charge in [-0.05, 0) is 37.0 Å². The van der Waals surface area contributed by atoms with E-state index in [2.05, 4.69) is 46.9 Å². The predicted octanol–water partition coefficient (Wildman–Crippen LogP) is 4.62. The van der Waals surface area contributed by atoms with Crippen molar-refractivity contribution in [2.45, 2.75) is 85.7 Å². The molecule has 4 unspecified atom stereocenters. The highest BCUT2D eigenvalue weighted by Crippen LogP contribution is 2.38. The lowest BCUT2D eigenvalue weighted by atomic mass is 9.69. The summed E-state index contributed by atoms with van der Waals surface area (Å²) in [6, 6.07) is 1.40. The summed E-state index contributed by atoms with van der Waals surface area (Å²) >= 11 is 0. The fourth-order valence-electron chi connectivity index (χ4n) is 3.22. The number of hydrogen-bond acceptors (Lipinski definition) is 1. The lowest BCUT2D eigenvalue weighted by molar-refractivity contribution is 0.118. The van der Waals surface area contributed by atoms with E-state index in [1.165, 1.54) is 32.1 Å². The molecule has 0 aromatic rings. The average Bonchev–Trinajstić information content (AvgIpc) is 2.27. The summed E-state index contributed by atoms with van der Waals surface area (Å²) in [6.45, 7) is 14.3. The molecule has 1 rings (SSSR count). The van der Waals surface area contributed by atoms with E-state index in [4.69, 9.17) is 0 Å². The number of nitrogens with one attached hydrogen (secondary N) is 1. The van der Waals surface area contributed by atoms with Crippen molar-refractivity contribution in [3.05, 3.63) is 0 Å². The molecule has 1 nitrogen and oxygen atoms in total. The maximum atomic E-state index is 3.93. The highest BCUT2D eigenvalue weighted by Gasteiger charge is 2.34. The van der Waals surface area contributed by atoms with Gasteiger partial charge >= 0.3 is 0 Å². The molecule has 1 N–H and O–H groups in total. The molecule has 17 heavy (non-hydrogen) atoms. The van der Waals surface area contributed by atoms with Crippen LogP contribution in [0.4, 0.5) is 0 Å². The second kappa shape index (κ2) is 6.22. The standard InChI is InChI=1S/C16H33N/c1-7-12(2)13(3)17-15-11-9-8-10-14(15)16(4,5)6/h12-15,17H,7-11H2,1-6H3. The van der Waals surface area contributed by atoms with Gasteiger partial charge in [-0.25, -0.2) is 0 Å². The maximum Gasteiger partial charge on any atom is 0.0103 e. The van der Waals surface area contributed by atoms with Crippen molar-refractivity contribution >= 4 is 0 Å². The van der Waals surface area contributed by atoms with Crippen LogP contribution in [-0.2, 0) is 0 Å². The summed E-state index contributed by atoms with van der Waals surface area (Å²) in [4.78, 5) is 0. The molecule has 1 fully saturated rings. The van der Waals surface area contributed by atoms with Gasteiger partial charge in [0, 0.05) is 12.1 Å². The molecule has 0 heterocycles. The van der Waals surface area contributed by atoms with Crippen molar-refractivity contribution in [2.75, 3.05) is 0 Å². The normalized spacial score (nSPS) is 30.0. The third kappa shape index (κ3) is 4.28. The highest BCUT2D eigenvalue weighted by atomic mass is 15.0. The topological polar surface area (TPSA) is 12.0 Å². The molecule has 1 aliphatic carbocycles. The van der Waals surface area contributed by atoms with Crippen LogP contribution in [0.5, 0.6) is 0 Å². The SMILES string of the molecule is CCC(C)C(C)NC1CCCCC1C(C)(C)C. The van der Waals surface area contributed by atoms with Crippen molar-refractivity contribution in [3.63, 3.8) is 0 Å². The number of hydrogen-bond donors (Lipinski definition) is 1. The van der Waals surface area contributed by atoms with Gasteiger partial charge in [-0.1, -0.05) is 53.9 Å². The molecule has 0 aliphatic heterocycles. The summed E-state index contributed by atoms with van der Waals surface area (Å²) in [5.41, 5.74) is 0.452. The van der Waals surface area contributed by atoms with Gasteiger partial charge in [0.2, 0.25) is 0 Å². The van der Waals surface area contributed by atoms with Crippen LogP contribution in [0.15, 0.2) is 0 Å². The van der Waals surface area contributed by atoms with E-state index in [-0.39, 0.29) is 0 Å². The van der Waals surface area contributed by atoms with Crippen LogP contribution < -0.4 is 5.32 Å². The van der Waals surface area contributed by atoms with Crippen molar-refractivity contribution in [2.24, 2.45) is 17.3 Å².